The van der Waals surface area contributed by atoms with Crippen LogP contribution in [0.4, 0.5) is 0 Å². The molecule has 0 radical (unpaired) electrons. The number of carbonyl (C=O) groups is 1. The van der Waals surface area contributed by atoms with Crippen molar-refractivity contribution in [1.29, 1.82) is 0 Å². The van der Waals surface area contributed by atoms with E-state index >= 15 is 0 Å². The molecule has 0 aromatic heterocycles. The van der Waals surface area contributed by atoms with Crippen molar-refractivity contribution < 1.29 is 4.79 Å². The van der Waals surface area contributed by atoms with Crippen molar-refractivity contribution in [2.75, 3.05) is 13.1 Å². The van der Waals surface area contributed by atoms with Gasteiger partial charge in [0.05, 0.1) is 5.70 Å². The number of rotatable bonds is 3. The van der Waals surface area contributed by atoms with E-state index in [2.05, 4.69) is 60.2 Å². The Hall–Kier alpha value is -2.66. The minimum absolute atomic E-state index is 0.0563. The van der Waals surface area contributed by atoms with Crippen LogP contribution in [-0.4, -0.2) is 40.7 Å². The van der Waals surface area contributed by atoms with Gasteiger partial charge in [-0.3, -0.25) is 9.69 Å². The minimum Gasteiger partial charge on any atom is -0.324 e. The number of benzene rings is 1. The third-order valence-electron chi connectivity index (χ3n) is 7.81. The van der Waals surface area contributed by atoms with Gasteiger partial charge in [0.1, 0.15) is 5.84 Å². The maximum Gasteiger partial charge on any atom is 0.248 e. The highest BCUT2D eigenvalue weighted by atomic mass is 16.1. The highest BCUT2D eigenvalue weighted by Crippen LogP contribution is 2.52. The van der Waals surface area contributed by atoms with Gasteiger partial charge in [0.2, 0.25) is 5.91 Å². The summed E-state index contributed by atoms with van der Waals surface area (Å²) in [7, 11) is 0. The van der Waals surface area contributed by atoms with Crippen LogP contribution in [0.5, 0.6) is 0 Å². The van der Waals surface area contributed by atoms with E-state index < -0.39 is 0 Å². The Bertz CT molecular complexity index is 1110. The Morgan fingerprint density at radius 1 is 1.12 bits per heavy atom. The van der Waals surface area contributed by atoms with Gasteiger partial charge in [0, 0.05) is 61.2 Å². The lowest BCUT2D eigenvalue weighted by Crippen LogP contribution is -2.34. The molecule has 1 saturated heterocycles. The molecule has 1 amide bonds. The highest BCUT2D eigenvalue weighted by molar-refractivity contribution is 6.02. The fourth-order valence-corrected chi connectivity index (χ4v) is 7.01. The summed E-state index contributed by atoms with van der Waals surface area (Å²) in [5, 5.41) is 3.03. The Morgan fingerprint density at radius 2 is 1.94 bits per heavy atom. The van der Waals surface area contributed by atoms with E-state index in [1.54, 1.807) is 6.08 Å². The van der Waals surface area contributed by atoms with Crippen LogP contribution in [0.25, 0.3) is 0 Å². The average molecular weight is 429 g/mol. The Kier molecular flexibility index (Phi) is 4.32. The van der Waals surface area contributed by atoms with E-state index in [9.17, 15) is 4.79 Å². The van der Waals surface area contributed by atoms with Crippen molar-refractivity contribution in [2.45, 2.75) is 59.0 Å². The standard InChI is InChI=1S/C27H32N4O/c1-26(2)12-21-13-27(3,16-26)17-30(21)15-18-4-6-19(7-5-18)25-28-14-20-8-9-23(32)29-22-10-11-31(25)24(20)22/h4-9,14,21H,10-13,15-17H2,1-3H3,(H,29,32). The second-order valence-corrected chi connectivity index (χ2v) is 11.4. The van der Waals surface area contributed by atoms with Gasteiger partial charge < -0.3 is 10.2 Å². The average Bonchev–Trinajstić information content (AvgIpc) is 3.18. The fourth-order valence-electron chi connectivity index (χ4n) is 7.01. The molecule has 2 bridgehead atoms. The number of nitrogens with zero attached hydrogens (tertiary/aromatic N) is 3. The number of hydrogen-bond donors (Lipinski definition) is 1. The van der Waals surface area contributed by atoms with Crippen molar-refractivity contribution in [3.63, 3.8) is 0 Å². The molecule has 6 rings (SSSR count). The Labute approximate surface area is 190 Å². The van der Waals surface area contributed by atoms with Gasteiger partial charge in [-0.05, 0) is 41.7 Å². The number of carbonyl (C=O) groups excluding carboxylic acids is 1. The normalized spacial score (nSPS) is 30.7. The van der Waals surface area contributed by atoms with E-state index in [4.69, 9.17) is 4.99 Å². The van der Waals surface area contributed by atoms with Gasteiger partial charge in [-0.1, -0.05) is 45.0 Å². The molecule has 0 spiro atoms. The van der Waals surface area contributed by atoms with Crippen molar-refractivity contribution >= 4 is 11.7 Å². The van der Waals surface area contributed by atoms with Crippen LogP contribution in [0.1, 0.15) is 57.6 Å². The summed E-state index contributed by atoms with van der Waals surface area (Å²) in [6, 6.07) is 9.68. The molecule has 2 atom stereocenters. The zero-order chi connectivity index (χ0) is 22.1. The third kappa shape index (κ3) is 3.34. The molecular formula is C27H32N4O. The predicted molar refractivity (Wildman–Crippen MR) is 127 cm³/mol. The van der Waals surface area contributed by atoms with Gasteiger partial charge in [0.15, 0.2) is 0 Å². The number of aliphatic imine (C=N–C) groups is 1. The van der Waals surface area contributed by atoms with Crippen molar-refractivity contribution in [2.24, 2.45) is 15.8 Å². The molecule has 2 fully saturated rings. The van der Waals surface area contributed by atoms with Gasteiger partial charge >= 0.3 is 0 Å². The van der Waals surface area contributed by atoms with Crippen molar-refractivity contribution in [3.8, 4) is 0 Å². The van der Waals surface area contributed by atoms with Crippen LogP contribution in [0.2, 0.25) is 0 Å². The molecular weight excluding hydrogens is 396 g/mol. The van der Waals surface area contributed by atoms with E-state index in [0.29, 0.717) is 16.9 Å². The number of amidine groups is 1. The predicted octanol–water partition coefficient (Wildman–Crippen LogP) is 4.33. The number of hydrogen-bond acceptors (Lipinski definition) is 4. The Morgan fingerprint density at radius 3 is 2.75 bits per heavy atom. The SMILES string of the molecule is CC1(C)CC2CC(C)(CN2Cc2ccc(C3=NC=C4C=CC(=O)NC5=C4N3CC5)cc2)C1. The Balaban J connectivity index is 1.22. The zero-order valence-electron chi connectivity index (χ0n) is 19.3. The van der Waals surface area contributed by atoms with Crippen LogP contribution in [0.15, 0.2) is 64.6 Å². The fraction of sp³-hybridized carbons (Fsp3) is 0.481. The van der Waals surface area contributed by atoms with Crippen LogP contribution in [0.3, 0.4) is 0 Å². The maximum atomic E-state index is 12.0. The number of amides is 1. The lowest BCUT2D eigenvalue weighted by Gasteiger charge is -2.40. The molecule has 5 nitrogen and oxygen atoms in total. The summed E-state index contributed by atoms with van der Waals surface area (Å²) in [6.45, 7) is 10.5. The number of nitrogens with one attached hydrogen (secondary N) is 1. The number of fused-ring (bicyclic) bond motifs is 2. The van der Waals surface area contributed by atoms with Crippen molar-refractivity contribution in [1.82, 2.24) is 15.1 Å². The molecule has 1 aromatic rings. The molecule has 4 heterocycles. The van der Waals surface area contributed by atoms with E-state index in [1.165, 1.54) is 31.4 Å². The van der Waals surface area contributed by atoms with Crippen LogP contribution >= 0.6 is 0 Å². The van der Waals surface area contributed by atoms with E-state index in [-0.39, 0.29) is 5.91 Å². The molecule has 1 saturated carbocycles. The van der Waals surface area contributed by atoms with Gasteiger partial charge in [-0.15, -0.1) is 0 Å². The molecule has 32 heavy (non-hydrogen) atoms. The lowest BCUT2D eigenvalue weighted by atomic mass is 9.65. The monoisotopic (exact) mass is 428 g/mol. The molecule has 4 aliphatic heterocycles. The summed E-state index contributed by atoms with van der Waals surface area (Å²) >= 11 is 0. The summed E-state index contributed by atoms with van der Waals surface area (Å²) < 4.78 is 0. The van der Waals surface area contributed by atoms with E-state index in [0.717, 1.165) is 47.9 Å². The second kappa shape index (κ2) is 6.92. The molecule has 166 valence electrons. The highest BCUT2D eigenvalue weighted by Gasteiger charge is 2.49. The third-order valence-corrected chi connectivity index (χ3v) is 7.81. The molecule has 1 aromatic carbocycles. The minimum atomic E-state index is -0.0563. The first-order valence-electron chi connectivity index (χ1n) is 11.9. The number of allylic oxidation sites excluding steroid dienone is 1. The van der Waals surface area contributed by atoms with E-state index in [1.807, 2.05) is 12.3 Å². The van der Waals surface area contributed by atoms with Gasteiger partial charge in [-0.2, -0.15) is 0 Å². The number of likely N-dealkylation sites (tertiary alicyclic amines) is 1. The topological polar surface area (TPSA) is 47.9 Å². The summed E-state index contributed by atoms with van der Waals surface area (Å²) in [4.78, 5) is 21.7. The first-order valence-corrected chi connectivity index (χ1v) is 11.9. The first-order chi connectivity index (χ1) is 15.3. The largest absolute Gasteiger partial charge is 0.324 e. The summed E-state index contributed by atoms with van der Waals surface area (Å²) in [5.41, 5.74) is 6.54. The maximum absolute atomic E-state index is 12.0. The smallest absolute Gasteiger partial charge is 0.248 e. The first kappa shape index (κ1) is 20.0. The van der Waals surface area contributed by atoms with Crippen molar-refractivity contribution in [3.05, 3.63) is 70.7 Å². The lowest BCUT2D eigenvalue weighted by molar-refractivity contribution is -0.115. The molecule has 1 N–H and O–H groups in total. The zero-order valence-corrected chi connectivity index (χ0v) is 19.3. The van der Waals surface area contributed by atoms with Crippen LogP contribution in [-0.2, 0) is 11.3 Å². The summed E-state index contributed by atoms with van der Waals surface area (Å²) in [6.07, 6.45) is 10.2. The van der Waals surface area contributed by atoms with Gasteiger partial charge in [-0.25, -0.2) is 4.99 Å². The van der Waals surface area contributed by atoms with Crippen LogP contribution in [0, 0.1) is 10.8 Å². The second-order valence-electron chi connectivity index (χ2n) is 11.4. The quantitative estimate of drug-likeness (QED) is 0.779. The van der Waals surface area contributed by atoms with Gasteiger partial charge in [0.25, 0.3) is 0 Å². The molecule has 5 heteroatoms. The molecule has 5 aliphatic rings. The summed E-state index contributed by atoms with van der Waals surface area (Å²) in [5.74, 6) is 0.917. The molecule has 2 unspecified atom stereocenters. The van der Waals surface area contributed by atoms with Crippen LogP contribution < -0.4 is 5.32 Å². The molecule has 1 aliphatic carbocycles.